The van der Waals surface area contributed by atoms with Crippen LogP contribution in [0, 0.1) is 0 Å². The molecule has 0 bridgehead atoms. The first kappa shape index (κ1) is 15.7. The highest BCUT2D eigenvalue weighted by molar-refractivity contribution is 6.30. The predicted molar refractivity (Wildman–Crippen MR) is 89.4 cm³/mol. The third kappa shape index (κ3) is 3.96. The molecule has 0 spiro atoms. The number of fused-ring (bicyclic) bond motifs is 1. The molecule has 120 valence electrons. The Morgan fingerprint density at radius 3 is 2.83 bits per heavy atom. The molecule has 1 aliphatic heterocycles. The molecule has 5 heteroatoms. The highest BCUT2D eigenvalue weighted by Crippen LogP contribution is 2.33. The number of carbonyl (C=O) groups is 1. The maximum atomic E-state index is 11.5. The Balaban J connectivity index is 1.61. The second kappa shape index (κ2) is 6.92. The van der Waals surface area contributed by atoms with Gasteiger partial charge in [0.15, 0.2) is 0 Å². The van der Waals surface area contributed by atoms with Crippen LogP contribution in [0.25, 0.3) is 0 Å². The number of hydrogen-bond donors (Lipinski definition) is 1. The van der Waals surface area contributed by atoms with E-state index in [1.54, 1.807) is 6.92 Å². The Kier molecular flexibility index (Phi) is 4.72. The molecule has 0 aromatic heterocycles. The Morgan fingerprint density at radius 2 is 2.09 bits per heavy atom. The molecule has 0 saturated carbocycles. The van der Waals surface area contributed by atoms with Crippen molar-refractivity contribution >= 4 is 17.5 Å². The molecule has 0 saturated heterocycles. The zero-order chi connectivity index (χ0) is 16.2. The van der Waals surface area contributed by atoms with Gasteiger partial charge >= 0.3 is 0 Å². The highest BCUT2D eigenvalue weighted by atomic mass is 35.5. The summed E-state index contributed by atoms with van der Waals surface area (Å²) in [5.41, 5.74) is 1.08. The van der Waals surface area contributed by atoms with E-state index in [9.17, 15) is 4.79 Å². The lowest BCUT2D eigenvalue weighted by molar-refractivity contribution is -0.120. The highest BCUT2D eigenvalue weighted by Gasteiger charge is 2.24. The normalized spacial score (nSPS) is 17.0. The number of para-hydroxylation sites is 1. The molecule has 1 N–H and O–H groups in total. The lowest BCUT2D eigenvalue weighted by Crippen LogP contribution is -2.37. The molecule has 23 heavy (non-hydrogen) atoms. The molecule has 1 heterocycles. The summed E-state index contributed by atoms with van der Waals surface area (Å²) in [4.78, 5) is 11.5. The molecule has 0 fully saturated rings. The summed E-state index contributed by atoms with van der Waals surface area (Å²) in [5.74, 6) is 2.23. The summed E-state index contributed by atoms with van der Waals surface area (Å²) in [5, 5.41) is 2.25. The number of hydrogen-bond acceptors (Lipinski definition) is 3. The third-order valence-electron chi connectivity index (χ3n) is 3.62. The van der Waals surface area contributed by atoms with Gasteiger partial charge in [0.1, 0.15) is 28.7 Å². The van der Waals surface area contributed by atoms with Gasteiger partial charge in [0.25, 0.3) is 0 Å². The topological polar surface area (TPSA) is 47.6 Å². The van der Waals surface area contributed by atoms with E-state index >= 15 is 0 Å². The van der Waals surface area contributed by atoms with Gasteiger partial charge in [-0.2, -0.15) is 0 Å². The first-order valence-corrected chi connectivity index (χ1v) is 8.00. The molecule has 2 aromatic carbocycles. The Morgan fingerprint density at radius 1 is 1.30 bits per heavy atom. The standard InChI is InChI=1S/C18H18ClNO3/c1-12(19)18(21)20-11-16-10-13-9-15(7-8-17(13)23-16)22-14-5-3-2-4-6-14/h2-9,12,16H,10-11H2,1H3,(H,20,21)/t12-,16+/m1/s1. The van der Waals surface area contributed by atoms with E-state index in [0.29, 0.717) is 6.54 Å². The van der Waals surface area contributed by atoms with Crippen molar-refractivity contribution in [1.29, 1.82) is 0 Å². The van der Waals surface area contributed by atoms with E-state index in [1.165, 1.54) is 0 Å². The fraction of sp³-hybridized carbons (Fsp3) is 0.278. The van der Waals surface area contributed by atoms with E-state index in [1.807, 2.05) is 48.5 Å². The molecule has 4 nitrogen and oxygen atoms in total. The SMILES string of the molecule is C[C@@H](Cl)C(=O)NC[C@@H]1Cc2cc(Oc3ccccc3)ccc2O1. The minimum atomic E-state index is -0.537. The number of amides is 1. The van der Waals surface area contributed by atoms with Crippen LogP contribution < -0.4 is 14.8 Å². The number of rotatable bonds is 5. The third-order valence-corrected chi connectivity index (χ3v) is 3.82. The second-order valence-corrected chi connectivity index (χ2v) is 6.14. The Labute approximate surface area is 140 Å². The van der Waals surface area contributed by atoms with Gasteiger partial charge < -0.3 is 14.8 Å². The predicted octanol–water partition coefficient (Wildman–Crippen LogP) is 3.53. The summed E-state index contributed by atoms with van der Waals surface area (Å²) < 4.78 is 11.7. The van der Waals surface area contributed by atoms with Crippen LogP contribution in [0.2, 0.25) is 0 Å². The van der Waals surface area contributed by atoms with Crippen LogP contribution in [0.3, 0.4) is 0 Å². The number of alkyl halides is 1. The van der Waals surface area contributed by atoms with Gasteiger partial charge in [-0.25, -0.2) is 0 Å². The molecule has 1 aliphatic rings. The van der Waals surface area contributed by atoms with Gasteiger partial charge in [0.05, 0.1) is 6.54 Å². The molecule has 0 aliphatic carbocycles. The molecular weight excluding hydrogens is 314 g/mol. The van der Waals surface area contributed by atoms with Gasteiger partial charge in [-0.3, -0.25) is 4.79 Å². The minimum Gasteiger partial charge on any atom is -0.488 e. The van der Waals surface area contributed by atoms with E-state index in [0.717, 1.165) is 29.2 Å². The van der Waals surface area contributed by atoms with Crippen molar-refractivity contribution in [3.05, 3.63) is 54.1 Å². The summed E-state index contributed by atoms with van der Waals surface area (Å²) in [7, 11) is 0. The van der Waals surface area contributed by atoms with Crippen LogP contribution in [-0.4, -0.2) is 23.9 Å². The van der Waals surface area contributed by atoms with E-state index in [2.05, 4.69) is 5.32 Å². The van der Waals surface area contributed by atoms with Crippen molar-refractivity contribution in [2.45, 2.75) is 24.8 Å². The van der Waals surface area contributed by atoms with Crippen molar-refractivity contribution in [2.75, 3.05) is 6.54 Å². The fourth-order valence-electron chi connectivity index (χ4n) is 2.45. The summed E-state index contributed by atoms with van der Waals surface area (Å²) in [6, 6.07) is 15.4. The van der Waals surface area contributed by atoms with Gasteiger partial charge in [0.2, 0.25) is 5.91 Å². The summed E-state index contributed by atoms with van der Waals surface area (Å²) in [6.45, 7) is 2.09. The van der Waals surface area contributed by atoms with Crippen LogP contribution in [0.4, 0.5) is 0 Å². The van der Waals surface area contributed by atoms with E-state index in [-0.39, 0.29) is 12.0 Å². The zero-order valence-corrected chi connectivity index (χ0v) is 13.5. The Bertz CT molecular complexity index is 688. The van der Waals surface area contributed by atoms with E-state index in [4.69, 9.17) is 21.1 Å². The quantitative estimate of drug-likeness (QED) is 0.853. The van der Waals surface area contributed by atoms with E-state index < -0.39 is 5.38 Å². The molecular formula is C18H18ClNO3. The van der Waals surface area contributed by atoms with Crippen LogP contribution in [0.5, 0.6) is 17.2 Å². The fourth-order valence-corrected chi connectivity index (χ4v) is 2.53. The van der Waals surface area contributed by atoms with Gasteiger partial charge in [0, 0.05) is 12.0 Å². The largest absolute Gasteiger partial charge is 0.488 e. The minimum absolute atomic E-state index is 0.0728. The first-order chi connectivity index (χ1) is 11.1. The number of benzene rings is 2. The van der Waals surface area contributed by atoms with Crippen molar-refractivity contribution in [1.82, 2.24) is 5.32 Å². The lowest BCUT2D eigenvalue weighted by atomic mass is 10.1. The number of nitrogens with one attached hydrogen (secondary N) is 1. The monoisotopic (exact) mass is 331 g/mol. The Hall–Kier alpha value is -2.20. The van der Waals surface area contributed by atoms with Crippen molar-refractivity contribution in [2.24, 2.45) is 0 Å². The average Bonchev–Trinajstić information content (AvgIpc) is 2.95. The molecule has 1 amide bonds. The van der Waals surface area contributed by atoms with Crippen LogP contribution in [0.1, 0.15) is 12.5 Å². The maximum Gasteiger partial charge on any atom is 0.237 e. The second-order valence-electron chi connectivity index (χ2n) is 5.49. The van der Waals surface area contributed by atoms with Crippen LogP contribution >= 0.6 is 11.6 Å². The van der Waals surface area contributed by atoms with Crippen molar-refractivity contribution < 1.29 is 14.3 Å². The maximum absolute atomic E-state index is 11.5. The summed E-state index contributed by atoms with van der Waals surface area (Å²) in [6.07, 6.45) is 0.662. The van der Waals surface area contributed by atoms with Crippen molar-refractivity contribution in [3.63, 3.8) is 0 Å². The van der Waals surface area contributed by atoms with Gasteiger partial charge in [-0.1, -0.05) is 18.2 Å². The number of halogens is 1. The molecule has 2 aromatic rings. The number of ether oxygens (including phenoxy) is 2. The molecule has 0 unspecified atom stereocenters. The van der Waals surface area contributed by atoms with Crippen LogP contribution in [-0.2, 0) is 11.2 Å². The summed E-state index contributed by atoms with van der Waals surface area (Å²) >= 11 is 5.73. The van der Waals surface area contributed by atoms with Gasteiger partial charge in [-0.15, -0.1) is 11.6 Å². The smallest absolute Gasteiger partial charge is 0.237 e. The number of carbonyl (C=O) groups excluding carboxylic acids is 1. The molecule has 3 rings (SSSR count). The molecule has 0 radical (unpaired) electrons. The molecule has 2 atom stereocenters. The van der Waals surface area contributed by atoms with Crippen molar-refractivity contribution in [3.8, 4) is 17.2 Å². The average molecular weight is 332 g/mol. The zero-order valence-electron chi connectivity index (χ0n) is 12.8. The first-order valence-electron chi connectivity index (χ1n) is 7.56. The van der Waals surface area contributed by atoms with Crippen LogP contribution in [0.15, 0.2) is 48.5 Å². The lowest BCUT2D eigenvalue weighted by Gasteiger charge is -2.12. The van der Waals surface area contributed by atoms with Gasteiger partial charge in [-0.05, 0) is 37.3 Å².